The Hall–Kier alpha value is -3.20. The van der Waals surface area contributed by atoms with Gasteiger partial charge in [0, 0.05) is 50.0 Å². The molecule has 4 unspecified atom stereocenters. The Kier molecular flexibility index (Phi) is 4.61. The molecule has 8 aliphatic rings. The fraction of sp³-hybridized carbons (Fsp3) is 0.500. The molecule has 0 saturated heterocycles. The van der Waals surface area contributed by atoms with Crippen molar-refractivity contribution in [2.24, 2.45) is 0 Å². The highest BCUT2D eigenvalue weighted by Crippen LogP contribution is 2.72. The number of allylic oxidation sites excluding steroid dienone is 2. The van der Waals surface area contributed by atoms with Gasteiger partial charge in [-0.25, -0.2) is 0 Å². The Morgan fingerprint density at radius 3 is 1.70 bits per heavy atom. The lowest BCUT2D eigenvalue weighted by Crippen LogP contribution is -2.62. The molecule has 0 bridgehead atoms. The van der Waals surface area contributed by atoms with Crippen molar-refractivity contribution in [3.05, 3.63) is 99.1 Å². The molecule has 3 aromatic carbocycles. The average molecular weight is 617 g/mol. The van der Waals surface area contributed by atoms with Gasteiger partial charge in [0.2, 0.25) is 6.71 Å². The SMILES string of the molecule is CC1(C)C2=C(c3ccccc31)N1c3c(cc4c5c3B2C2=C(N5C3(C)CCCCC43C)C(C)(C)c3ccccc32)C2(C)CCCCC12C. The van der Waals surface area contributed by atoms with E-state index < -0.39 is 0 Å². The highest BCUT2D eigenvalue weighted by molar-refractivity contribution is 7.00. The van der Waals surface area contributed by atoms with E-state index in [4.69, 9.17) is 0 Å². The summed E-state index contributed by atoms with van der Waals surface area (Å²) < 4.78 is 0. The van der Waals surface area contributed by atoms with Crippen LogP contribution in [0.5, 0.6) is 0 Å². The second-order valence-electron chi connectivity index (χ2n) is 18.7. The third-order valence-corrected chi connectivity index (χ3v) is 16.3. The van der Waals surface area contributed by atoms with Crippen molar-refractivity contribution < 1.29 is 0 Å². The summed E-state index contributed by atoms with van der Waals surface area (Å²) in [6.45, 7) is 21.2. The van der Waals surface area contributed by atoms with E-state index in [1.54, 1.807) is 50.3 Å². The van der Waals surface area contributed by atoms with Crippen LogP contribution in [0.4, 0.5) is 11.4 Å². The molecule has 238 valence electrons. The Morgan fingerprint density at radius 1 is 0.553 bits per heavy atom. The molecule has 3 heteroatoms. The zero-order valence-electron chi connectivity index (χ0n) is 29.8. The number of rotatable bonds is 0. The highest BCUT2D eigenvalue weighted by Gasteiger charge is 2.70. The maximum absolute atomic E-state index is 3.02. The molecule has 0 radical (unpaired) electrons. The van der Waals surface area contributed by atoms with E-state index in [1.165, 1.54) is 73.6 Å². The largest absolute Gasteiger partial charge is 0.338 e. The number of benzene rings is 3. The van der Waals surface area contributed by atoms with Crippen LogP contribution in [-0.2, 0) is 21.7 Å². The summed E-state index contributed by atoms with van der Waals surface area (Å²) in [4.78, 5) is 6.02. The monoisotopic (exact) mass is 616 g/mol. The summed E-state index contributed by atoms with van der Waals surface area (Å²) in [5.41, 5.74) is 21.0. The van der Waals surface area contributed by atoms with Crippen molar-refractivity contribution in [3.63, 3.8) is 0 Å². The minimum Gasteiger partial charge on any atom is -0.338 e. The van der Waals surface area contributed by atoms with Crippen LogP contribution >= 0.6 is 0 Å². The molecule has 2 fully saturated rings. The second-order valence-corrected chi connectivity index (χ2v) is 18.7. The number of hydrogen-bond acceptors (Lipinski definition) is 2. The third kappa shape index (κ3) is 2.56. The molecule has 0 aromatic heterocycles. The van der Waals surface area contributed by atoms with E-state index in [2.05, 4.69) is 120 Å². The predicted molar refractivity (Wildman–Crippen MR) is 198 cm³/mol. The maximum Gasteiger partial charge on any atom is 0.249 e. The number of fused-ring (bicyclic) bond motifs is 14. The van der Waals surface area contributed by atoms with Crippen molar-refractivity contribution in [1.29, 1.82) is 0 Å². The van der Waals surface area contributed by atoms with Gasteiger partial charge in [-0.15, -0.1) is 0 Å². The third-order valence-electron chi connectivity index (χ3n) is 16.3. The van der Waals surface area contributed by atoms with Gasteiger partial charge in [-0.3, -0.25) is 0 Å². The minimum atomic E-state index is -0.0671. The van der Waals surface area contributed by atoms with E-state index in [9.17, 15) is 0 Å². The summed E-state index contributed by atoms with van der Waals surface area (Å²) in [5, 5.41) is 0. The minimum absolute atomic E-state index is 0.0569. The zero-order chi connectivity index (χ0) is 32.3. The summed E-state index contributed by atoms with van der Waals surface area (Å²) in [5.74, 6) is 0. The van der Waals surface area contributed by atoms with Gasteiger partial charge < -0.3 is 9.80 Å². The van der Waals surface area contributed by atoms with Gasteiger partial charge in [0.05, 0.1) is 11.1 Å². The second kappa shape index (κ2) is 7.82. The van der Waals surface area contributed by atoms with Crippen LogP contribution in [0.25, 0.3) is 11.2 Å². The van der Waals surface area contributed by atoms with Crippen molar-refractivity contribution >= 4 is 34.7 Å². The number of nitrogens with zero attached hydrogens (tertiary/aromatic N) is 2. The maximum atomic E-state index is 3.02. The standard InChI is InChI=1S/C44H49BN2/c1-39(2)29-20-12-10-18-27(29)34-37(39)45-32-26-17-9-11-19-28(26)40(3,4)38(32)47-36-31(42(6)22-14-16-24-44(42,47)8)25-30-35(33(36)45)46(34)43(7)23-15-13-21-41(30,43)5/h9-12,17-20,25H,13-16,21-24H2,1-8H3. The lowest BCUT2D eigenvalue weighted by molar-refractivity contribution is 0.185. The molecule has 4 heterocycles. The van der Waals surface area contributed by atoms with Gasteiger partial charge in [0.25, 0.3) is 0 Å². The quantitative estimate of drug-likeness (QED) is 0.232. The first kappa shape index (κ1) is 27.7. The van der Waals surface area contributed by atoms with Crippen LogP contribution in [0.3, 0.4) is 0 Å². The van der Waals surface area contributed by atoms with E-state index in [0.717, 1.165) is 0 Å². The first-order chi connectivity index (χ1) is 22.3. The van der Waals surface area contributed by atoms with E-state index in [0.29, 0.717) is 0 Å². The van der Waals surface area contributed by atoms with Crippen LogP contribution in [0.15, 0.2) is 65.8 Å². The van der Waals surface area contributed by atoms with Gasteiger partial charge >= 0.3 is 0 Å². The van der Waals surface area contributed by atoms with Crippen LogP contribution < -0.4 is 15.3 Å². The van der Waals surface area contributed by atoms with E-state index >= 15 is 0 Å². The first-order valence-corrected chi connectivity index (χ1v) is 18.9. The van der Waals surface area contributed by atoms with Gasteiger partial charge in [-0.05, 0) is 78.3 Å². The Morgan fingerprint density at radius 2 is 1.06 bits per heavy atom. The van der Waals surface area contributed by atoms with Gasteiger partial charge in [-0.1, -0.05) is 127 Å². The molecule has 11 rings (SSSR count). The molecular formula is C44H49BN2. The predicted octanol–water partition coefficient (Wildman–Crippen LogP) is 9.72. The fourth-order valence-electron chi connectivity index (χ4n) is 13.6. The summed E-state index contributed by atoms with van der Waals surface area (Å²) in [6.07, 6.45) is 10.4. The Balaban J connectivity index is 1.37. The molecule has 4 aliphatic heterocycles. The first-order valence-electron chi connectivity index (χ1n) is 18.9. The van der Waals surface area contributed by atoms with Crippen LogP contribution in [0, 0.1) is 0 Å². The van der Waals surface area contributed by atoms with Crippen molar-refractivity contribution in [2.75, 3.05) is 9.80 Å². The molecule has 3 aromatic rings. The topological polar surface area (TPSA) is 6.48 Å². The van der Waals surface area contributed by atoms with Crippen LogP contribution in [-0.4, -0.2) is 17.8 Å². The smallest absolute Gasteiger partial charge is 0.249 e. The van der Waals surface area contributed by atoms with Gasteiger partial charge in [0.15, 0.2) is 0 Å². The summed E-state index contributed by atoms with van der Waals surface area (Å²) in [7, 11) is 0. The molecule has 0 N–H and O–H groups in total. The number of anilines is 2. The van der Waals surface area contributed by atoms with Crippen LogP contribution in [0.2, 0.25) is 0 Å². The average Bonchev–Trinajstić information content (AvgIpc) is 3.60. The van der Waals surface area contributed by atoms with Crippen molar-refractivity contribution in [2.45, 2.75) is 139 Å². The molecule has 47 heavy (non-hydrogen) atoms. The van der Waals surface area contributed by atoms with Gasteiger partial charge in [0.1, 0.15) is 0 Å². The van der Waals surface area contributed by atoms with Crippen molar-refractivity contribution in [3.8, 4) is 0 Å². The van der Waals surface area contributed by atoms with E-state index in [1.807, 2.05) is 0 Å². The fourth-order valence-corrected chi connectivity index (χ4v) is 13.6. The summed E-state index contributed by atoms with van der Waals surface area (Å²) in [6, 6.07) is 21.9. The normalized spacial score (nSPS) is 35.4. The molecule has 2 saturated carbocycles. The molecule has 0 spiro atoms. The van der Waals surface area contributed by atoms with Crippen molar-refractivity contribution in [1.82, 2.24) is 0 Å². The molecule has 2 nitrogen and oxygen atoms in total. The number of hydrogen-bond donors (Lipinski definition) is 0. The van der Waals surface area contributed by atoms with E-state index in [-0.39, 0.29) is 39.5 Å². The molecular weight excluding hydrogens is 567 g/mol. The van der Waals surface area contributed by atoms with Crippen LogP contribution in [0.1, 0.15) is 140 Å². The summed E-state index contributed by atoms with van der Waals surface area (Å²) >= 11 is 0. The lowest BCUT2D eigenvalue weighted by atomic mass is 9.29. The van der Waals surface area contributed by atoms with Gasteiger partial charge in [-0.2, -0.15) is 0 Å². The Bertz CT molecular complexity index is 2100. The highest BCUT2D eigenvalue weighted by atomic mass is 15.3. The lowest BCUT2D eigenvalue weighted by Gasteiger charge is -2.55. The molecule has 0 amide bonds. The molecule has 4 aliphatic carbocycles. The Labute approximate surface area is 282 Å². The molecule has 4 atom stereocenters. The zero-order valence-corrected chi connectivity index (χ0v) is 29.8.